The Morgan fingerprint density at radius 3 is 2.43 bits per heavy atom. The van der Waals surface area contributed by atoms with Crippen LogP contribution in [0.15, 0.2) is 48.5 Å². The number of carbonyl (C=O) groups is 1. The molecule has 0 aromatic heterocycles. The van der Waals surface area contributed by atoms with E-state index in [2.05, 4.69) is 5.32 Å². The molecule has 7 heteroatoms. The van der Waals surface area contributed by atoms with Crippen molar-refractivity contribution in [3.05, 3.63) is 64.7 Å². The monoisotopic (exact) mass is 342 g/mol. The van der Waals surface area contributed by atoms with Gasteiger partial charge in [0.2, 0.25) is 0 Å². The number of hydrogen-bond acceptors (Lipinski definition) is 1. The number of nitrogens with zero attached hydrogens (tertiary/aromatic N) is 1. The van der Waals surface area contributed by atoms with Crippen molar-refractivity contribution in [2.75, 3.05) is 12.4 Å². The van der Waals surface area contributed by atoms with Gasteiger partial charge in [-0.05, 0) is 35.9 Å². The third kappa shape index (κ3) is 4.89. The van der Waals surface area contributed by atoms with Crippen LogP contribution in [0.2, 0.25) is 5.02 Å². The smallest absolute Gasteiger partial charge is 0.323 e. The summed E-state index contributed by atoms with van der Waals surface area (Å²) in [7, 11) is 1.55. The van der Waals surface area contributed by atoms with Crippen LogP contribution in [0.25, 0.3) is 0 Å². The van der Waals surface area contributed by atoms with Crippen molar-refractivity contribution in [3.8, 4) is 0 Å². The van der Waals surface area contributed by atoms with Gasteiger partial charge in [0, 0.05) is 24.3 Å². The lowest BCUT2D eigenvalue weighted by Gasteiger charge is -2.18. The number of carbonyl (C=O) groups excluding carboxylic acids is 1. The van der Waals surface area contributed by atoms with Crippen LogP contribution in [0.3, 0.4) is 0 Å². The number of urea groups is 1. The van der Waals surface area contributed by atoms with Crippen LogP contribution >= 0.6 is 11.6 Å². The van der Waals surface area contributed by atoms with Gasteiger partial charge in [-0.1, -0.05) is 29.8 Å². The number of rotatable bonds is 3. The van der Waals surface area contributed by atoms with Crippen molar-refractivity contribution >= 4 is 23.3 Å². The minimum atomic E-state index is -4.45. The van der Waals surface area contributed by atoms with Crippen LogP contribution in [0.1, 0.15) is 11.1 Å². The summed E-state index contributed by atoms with van der Waals surface area (Å²) >= 11 is 5.78. The minimum Gasteiger partial charge on any atom is -0.323 e. The highest BCUT2D eigenvalue weighted by Gasteiger charge is 2.30. The van der Waals surface area contributed by atoms with E-state index in [0.29, 0.717) is 11.6 Å². The lowest BCUT2D eigenvalue weighted by atomic mass is 10.2. The molecule has 23 heavy (non-hydrogen) atoms. The van der Waals surface area contributed by atoms with Crippen molar-refractivity contribution in [1.29, 1.82) is 0 Å². The molecule has 2 rings (SSSR count). The van der Waals surface area contributed by atoms with Gasteiger partial charge in [0.15, 0.2) is 0 Å². The molecule has 1 N–H and O–H groups in total. The number of benzene rings is 2. The van der Waals surface area contributed by atoms with Crippen molar-refractivity contribution < 1.29 is 18.0 Å². The second-order valence-corrected chi connectivity index (χ2v) is 5.43. The van der Waals surface area contributed by atoms with Gasteiger partial charge >= 0.3 is 12.2 Å². The molecule has 0 heterocycles. The van der Waals surface area contributed by atoms with Gasteiger partial charge in [0.05, 0.1) is 5.56 Å². The normalized spacial score (nSPS) is 11.2. The van der Waals surface area contributed by atoms with E-state index in [0.717, 1.165) is 17.7 Å². The van der Waals surface area contributed by atoms with E-state index in [9.17, 15) is 18.0 Å². The van der Waals surface area contributed by atoms with E-state index in [1.807, 2.05) is 0 Å². The summed E-state index contributed by atoms with van der Waals surface area (Å²) in [5.74, 6) is 0. The van der Waals surface area contributed by atoms with E-state index in [1.165, 1.54) is 17.0 Å². The highest BCUT2D eigenvalue weighted by Crippen LogP contribution is 2.30. The second kappa shape index (κ2) is 6.91. The fourth-order valence-electron chi connectivity index (χ4n) is 1.93. The molecule has 0 radical (unpaired) electrons. The fraction of sp³-hybridized carbons (Fsp3) is 0.188. The molecule has 0 saturated heterocycles. The van der Waals surface area contributed by atoms with E-state index in [4.69, 9.17) is 11.6 Å². The maximum Gasteiger partial charge on any atom is 0.416 e. The van der Waals surface area contributed by atoms with E-state index in [-0.39, 0.29) is 5.69 Å². The molecule has 3 nitrogen and oxygen atoms in total. The number of amides is 2. The van der Waals surface area contributed by atoms with Crippen molar-refractivity contribution in [2.24, 2.45) is 0 Å². The maximum absolute atomic E-state index is 12.7. The summed E-state index contributed by atoms with van der Waals surface area (Å²) in [5.41, 5.74) is 0.138. The largest absolute Gasteiger partial charge is 0.416 e. The van der Waals surface area contributed by atoms with Crippen molar-refractivity contribution in [2.45, 2.75) is 12.7 Å². The summed E-state index contributed by atoms with van der Waals surface area (Å²) in [6, 6.07) is 11.0. The van der Waals surface area contributed by atoms with E-state index in [1.54, 1.807) is 31.3 Å². The molecule has 0 aliphatic heterocycles. The van der Waals surface area contributed by atoms with Gasteiger partial charge in [-0.15, -0.1) is 0 Å². The summed E-state index contributed by atoms with van der Waals surface area (Å²) in [5, 5.41) is 3.03. The summed E-state index contributed by atoms with van der Waals surface area (Å²) in [6.45, 7) is 0.308. The van der Waals surface area contributed by atoms with E-state index >= 15 is 0 Å². The SMILES string of the molecule is CN(Cc1ccc(Cl)cc1)C(=O)Nc1cccc(C(F)(F)F)c1. The van der Waals surface area contributed by atoms with Crippen molar-refractivity contribution in [1.82, 2.24) is 4.90 Å². The standard InChI is InChI=1S/C16H14ClF3N2O/c1-22(10-11-5-7-13(17)8-6-11)15(23)21-14-4-2-3-12(9-14)16(18,19)20/h2-9H,10H2,1H3,(H,21,23). The Morgan fingerprint density at radius 1 is 1.17 bits per heavy atom. The van der Waals surface area contributed by atoms with Gasteiger partial charge in [0.1, 0.15) is 0 Å². The summed E-state index contributed by atoms with van der Waals surface area (Å²) in [6.07, 6.45) is -4.45. The van der Waals surface area contributed by atoms with Crippen LogP contribution in [-0.2, 0) is 12.7 Å². The minimum absolute atomic E-state index is 0.0905. The number of alkyl halides is 3. The van der Waals surface area contributed by atoms with Gasteiger partial charge in [0.25, 0.3) is 0 Å². The van der Waals surface area contributed by atoms with Crippen molar-refractivity contribution in [3.63, 3.8) is 0 Å². The molecule has 0 saturated carbocycles. The van der Waals surface area contributed by atoms with Crippen LogP contribution in [0, 0.1) is 0 Å². The molecular formula is C16H14ClF3N2O. The molecule has 0 unspecified atom stereocenters. The maximum atomic E-state index is 12.7. The zero-order valence-corrected chi connectivity index (χ0v) is 12.9. The van der Waals surface area contributed by atoms with Gasteiger partial charge in [-0.2, -0.15) is 13.2 Å². The number of hydrogen-bond donors (Lipinski definition) is 1. The summed E-state index contributed by atoms with van der Waals surface area (Å²) in [4.78, 5) is 13.4. The second-order valence-electron chi connectivity index (χ2n) is 4.99. The highest BCUT2D eigenvalue weighted by atomic mass is 35.5. The number of anilines is 1. The predicted octanol–water partition coefficient (Wildman–Crippen LogP) is 5.02. The third-order valence-electron chi connectivity index (χ3n) is 3.12. The molecule has 2 aromatic carbocycles. The molecule has 0 spiro atoms. The Labute approximate surface area is 136 Å². The molecule has 2 amide bonds. The molecule has 2 aromatic rings. The Morgan fingerprint density at radius 2 is 1.83 bits per heavy atom. The lowest BCUT2D eigenvalue weighted by molar-refractivity contribution is -0.137. The van der Waals surface area contributed by atoms with E-state index < -0.39 is 17.8 Å². The lowest BCUT2D eigenvalue weighted by Crippen LogP contribution is -2.30. The molecule has 122 valence electrons. The van der Waals surface area contributed by atoms with Gasteiger partial charge in [-0.25, -0.2) is 4.79 Å². The van der Waals surface area contributed by atoms with Crippen LogP contribution in [0.5, 0.6) is 0 Å². The fourth-order valence-corrected chi connectivity index (χ4v) is 2.05. The molecule has 0 aliphatic carbocycles. The first-order valence-electron chi connectivity index (χ1n) is 6.69. The van der Waals surface area contributed by atoms with Crippen LogP contribution in [-0.4, -0.2) is 18.0 Å². The first-order chi connectivity index (χ1) is 10.8. The predicted molar refractivity (Wildman–Crippen MR) is 83.4 cm³/mol. The zero-order chi connectivity index (χ0) is 17.0. The molecule has 0 fully saturated rings. The molecule has 0 aliphatic rings. The quantitative estimate of drug-likeness (QED) is 0.834. The Balaban J connectivity index is 2.02. The van der Waals surface area contributed by atoms with Crippen LogP contribution < -0.4 is 5.32 Å². The average Bonchev–Trinajstić information content (AvgIpc) is 2.49. The van der Waals surface area contributed by atoms with Crippen LogP contribution in [0.4, 0.5) is 23.7 Å². The number of halogens is 4. The molecular weight excluding hydrogens is 329 g/mol. The van der Waals surface area contributed by atoms with Gasteiger partial charge in [-0.3, -0.25) is 0 Å². The van der Waals surface area contributed by atoms with Gasteiger partial charge < -0.3 is 10.2 Å². The molecule has 0 atom stereocenters. The Bertz CT molecular complexity index is 686. The highest BCUT2D eigenvalue weighted by molar-refractivity contribution is 6.30. The Kier molecular flexibility index (Phi) is 5.15. The summed E-state index contributed by atoms with van der Waals surface area (Å²) < 4.78 is 38.0. The first-order valence-corrected chi connectivity index (χ1v) is 7.07. The third-order valence-corrected chi connectivity index (χ3v) is 3.37. The first kappa shape index (κ1) is 17.1. The topological polar surface area (TPSA) is 32.3 Å². The average molecular weight is 343 g/mol. The molecule has 0 bridgehead atoms. The Hall–Kier alpha value is -2.21. The zero-order valence-electron chi connectivity index (χ0n) is 12.2. The number of nitrogens with one attached hydrogen (secondary N) is 1.